The lowest BCUT2D eigenvalue weighted by molar-refractivity contribution is -0.138. The first-order valence-corrected chi connectivity index (χ1v) is 6.29. The minimum atomic E-state index is -4.59. The third-order valence-corrected chi connectivity index (χ3v) is 2.93. The molecule has 2 rings (SSSR count). The first-order valence-electron chi connectivity index (χ1n) is 5.50. The number of hydrogen-bond acceptors (Lipinski definition) is 3. The largest absolute Gasteiger partial charge is 0.478 e. The summed E-state index contributed by atoms with van der Waals surface area (Å²) in [4.78, 5) is 14.4. The van der Waals surface area contributed by atoms with Crippen molar-refractivity contribution in [1.82, 2.24) is 4.98 Å². The van der Waals surface area contributed by atoms with E-state index >= 15 is 0 Å². The molecule has 0 fully saturated rings. The molecular formula is C13H7BrF3NO3. The second kappa shape index (κ2) is 5.72. The van der Waals surface area contributed by atoms with E-state index in [2.05, 4.69) is 20.9 Å². The fourth-order valence-corrected chi connectivity index (χ4v) is 1.87. The Morgan fingerprint density at radius 3 is 2.57 bits per heavy atom. The van der Waals surface area contributed by atoms with Crippen molar-refractivity contribution >= 4 is 21.9 Å². The van der Waals surface area contributed by atoms with Crippen LogP contribution in [0.1, 0.15) is 15.9 Å². The average Bonchev–Trinajstić information content (AvgIpc) is 2.37. The Morgan fingerprint density at radius 2 is 1.95 bits per heavy atom. The van der Waals surface area contributed by atoms with Gasteiger partial charge in [0.25, 0.3) is 0 Å². The van der Waals surface area contributed by atoms with Gasteiger partial charge in [-0.25, -0.2) is 4.79 Å². The van der Waals surface area contributed by atoms with Crippen LogP contribution < -0.4 is 4.74 Å². The van der Waals surface area contributed by atoms with Crippen molar-refractivity contribution in [2.24, 2.45) is 0 Å². The summed E-state index contributed by atoms with van der Waals surface area (Å²) in [5.41, 5.74) is -1.15. The lowest BCUT2D eigenvalue weighted by atomic mass is 10.2. The zero-order valence-corrected chi connectivity index (χ0v) is 11.8. The number of aromatic nitrogens is 1. The van der Waals surface area contributed by atoms with Gasteiger partial charge in [-0.1, -0.05) is 15.9 Å². The number of carbonyl (C=O) groups is 1. The number of hydrogen-bond donors (Lipinski definition) is 1. The van der Waals surface area contributed by atoms with E-state index in [1.807, 2.05) is 0 Å². The van der Waals surface area contributed by atoms with Gasteiger partial charge in [0.1, 0.15) is 11.5 Å². The predicted molar refractivity (Wildman–Crippen MR) is 70.4 cm³/mol. The maximum absolute atomic E-state index is 12.9. The summed E-state index contributed by atoms with van der Waals surface area (Å²) in [5, 5.41) is 8.82. The molecule has 1 N–H and O–H groups in total. The second-order valence-corrected chi connectivity index (χ2v) is 4.87. The van der Waals surface area contributed by atoms with E-state index in [9.17, 15) is 18.0 Å². The summed E-state index contributed by atoms with van der Waals surface area (Å²) >= 11 is 3.06. The van der Waals surface area contributed by atoms with Crippen molar-refractivity contribution in [3.8, 4) is 11.5 Å². The molecule has 0 saturated heterocycles. The molecule has 0 atom stereocenters. The van der Waals surface area contributed by atoms with Gasteiger partial charge in [0, 0.05) is 10.7 Å². The number of carboxylic acid groups (broad SMARTS) is 1. The van der Waals surface area contributed by atoms with E-state index in [0.29, 0.717) is 4.47 Å². The first-order chi connectivity index (χ1) is 9.77. The summed E-state index contributed by atoms with van der Waals surface area (Å²) < 4.78 is 44.2. The van der Waals surface area contributed by atoms with Gasteiger partial charge in [0.15, 0.2) is 0 Å². The van der Waals surface area contributed by atoms with Crippen LogP contribution in [-0.2, 0) is 6.18 Å². The summed E-state index contributed by atoms with van der Waals surface area (Å²) in [5.74, 6) is -1.79. The summed E-state index contributed by atoms with van der Waals surface area (Å²) in [6.07, 6.45) is -2.39. The number of ether oxygens (including phenoxy) is 1. The molecule has 1 aromatic carbocycles. The van der Waals surface area contributed by atoms with Gasteiger partial charge in [-0.05, 0) is 24.3 Å². The topological polar surface area (TPSA) is 59.4 Å². The van der Waals surface area contributed by atoms with Crippen molar-refractivity contribution < 1.29 is 27.8 Å². The minimum Gasteiger partial charge on any atom is -0.478 e. The van der Waals surface area contributed by atoms with Gasteiger partial charge in [-0.2, -0.15) is 13.2 Å². The maximum Gasteiger partial charge on any atom is 0.419 e. The first kappa shape index (κ1) is 15.3. The van der Waals surface area contributed by atoms with Crippen LogP contribution in [0.4, 0.5) is 13.2 Å². The van der Waals surface area contributed by atoms with Gasteiger partial charge in [0.2, 0.25) is 0 Å². The van der Waals surface area contributed by atoms with E-state index in [1.165, 1.54) is 6.07 Å². The molecule has 0 spiro atoms. The molecule has 2 aromatic rings. The van der Waals surface area contributed by atoms with Gasteiger partial charge in [-0.3, -0.25) is 4.98 Å². The quantitative estimate of drug-likeness (QED) is 0.882. The average molecular weight is 362 g/mol. The Bertz CT molecular complexity index is 689. The molecule has 21 heavy (non-hydrogen) atoms. The van der Waals surface area contributed by atoms with Gasteiger partial charge >= 0.3 is 12.1 Å². The Hall–Kier alpha value is -2.09. The number of aromatic carboxylic acids is 1. The van der Waals surface area contributed by atoms with Crippen LogP contribution in [0.3, 0.4) is 0 Å². The fraction of sp³-hybridized carbons (Fsp3) is 0.0769. The van der Waals surface area contributed by atoms with Gasteiger partial charge < -0.3 is 9.84 Å². The molecule has 0 radical (unpaired) electrons. The molecule has 110 valence electrons. The van der Waals surface area contributed by atoms with Crippen LogP contribution in [0.2, 0.25) is 0 Å². The van der Waals surface area contributed by atoms with Crippen molar-refractivity contribution in [1.29, 1.82) is 0 Å². The van der Waals surface area contributed by atoms with Crippen LogP contribution in [0.15, 0.2) is 41.1 Å². The SMILES string of the molecule is O=C(O)c1cncc(Oc2cc(Br)ccc2C(F)(F)F)c1. The monoisotopic (exact) mass is 361 g/mol. The maximum atomic E-state index is 12.9. The van der Waals surface area contributed by atoms with E-state index < -0.39 is 23.5 Å². The summed E-state index contributed by atoms with van der Waals surface area (Å²) in [6.45, 7) is 0. The second-order valence-electron chi connectivity index (χ2n) is 3.95. The van der Waals surface area contributed by atoms with E-state index in [4.69, 9.17) is 9.84 Å². The molecule has 1 aromatic heterocycles. The molecule has 0 unspecified atom stereocenters. The number of halogens is 4. The highest BCUT2D eigenvalue weighted by molar-refractivity contribution is 9.10. The van der Waals surface area contributed by atoms with Crippen molar-refractivity contribution in [3.05, 3.63) is 52.3 Å². The molecule has 0 bridgehead atoms. The number of benzene rings is 1. The lowest BCUT2D eigenvalue weighted by Crippen LogP contribution is -2.07. The van der Waals surface area contributed by atoms with Crippen LogP contribution >= 0.6 is 15.9 Å². The number of carboxylic acids is 1. The Kier molecular flexibility index (Phi) is 4.17. The van der Waals surface area contributed by atoms with Crippen LogP contribution in [0, 0.1) is 0 Å². The number of pyridine rings is 1. The third-order valence-electron chi connectivity index (χ3n) is 2.44. The molecule has 0 aliphatic carbocycles. The Balaban J connectivity index is 2.41. The predicted octanol–water partition coefficient (Wildman–Crippen LogP) is 4.35. The van der Waals surface area contributed by atoms with E-state index in [1.54, 1.807) is 0 Å². The summed E-state index contributed by atoms with van der Waals surface area (Å²) in [7, 11) is 0. The van der Waals surface area contributed by atoms with Crippen molar-refractivity contribution in [2.75, 3.05) is 0 Å². The summed E-state index contributed by atoms with van der Waals surface area (Å²) in [6, 6.07) is 4.35. The van der Waals surface area contributed by atoms with Gasteiger partial charge in [0.05, 0.1) is 17.3 Å². The highest BCUT2D eigenvalue weighted by Crippen LogP contribution is 2.39. The normalized spacial score (nSPS) is 11.2. The molecule has 0 amide bonds. The standard InChI is InChI=1S/C13H7BrF3NO3/c14-8-1-2-10(13(15,16)17)11(4-8)21-9-3-7(12(19)20)5-18-6-9/h1-6H,(H,19,20). The van der Waals surface area contributed by atoms with Crippen molar-refractivity contribution in [2.45, 2.75) is 6.18 Å². The molecule has 0 saturated carbocycles. The molecule has 8 heteroatoms. The molecule has 4 nitrogen and oxygen atoms in total. The number of rotatable bonds is 3. The molecule has 0 aliphatic heterocycles. The van der Waals surface area contributed by atoms with E-state index in [0.717, 1.165) is 30.6 Å². The zero-order chi connectivity index (χ0) is 15.6. The smallest absolute Gasteiger partial charge is 0.419 e. The van der Waals surface area contributed by atoms with Crippen LogP contribution in [0.5, 0.6) is 11.5 Å². The Morgan fingerprint density at radius 1 is 1.24 bits per heavy atom. The van der Waals surface area contributed by atoms with Gasteiger partial charge in [-0.15, -0.1) is 0 Å². The van der Waals surface area contributed by atoms with Crippen LogP contribution in [0.25, 0.3) is 0 Å². The van der Waals surface area contributed by atoms with Crippen molar-refractivity contribution in [3.63, 3.8) is 0 Å². The Labute approximate surface area is 125 Å². The zero-order valence-electron chi connectivity index (χ0n) is 10.2. The number of alkyl halides is 3. The highest BCUT2D eigenvalue weighted by atomic mass is 79.9. The molecular weight excluding hydrogens is 355 g/mol. The fourth-order valence-electron chi connectivity index (χ4n) is 1.53. The molecule has 1 heterocycles. The minimum absolute atomic E-state index is 0.0986. The third kappa shape index (κ3) is 3.72. The highest BCUT2D eigenvalue weighted by Gasteiger charge is 2.34. The molecule has 0 aliphatic rings. The van der Waals surface area contributed by atoms with E-state index in [-0.39, 0.29) is 11.3 Å². The van der Waals surface area contributed by atoms with Crippen LogP contribution in [-0.4, -0.2) is 16.1 Å². The number of nitrogens with zero attached hydrogens (tertiary/aromatic N) is 1. The lowest BCUT2D eigenvalue weighted by Gasteiger charge is -2.14.